The average Bonchev–Trinajstić information content (AvgIpc) is 3.49. The topological polar surface area (TPSA) is 26.3 Å². The quantitative estimate of drug-likeness (QED) is 0.415. The average molecular weight is 509 g/mol. The number of ketones is 1. The Morgan fingerprint density at radius 1 is 0.711 bits per heavy atom. The predicted octanol–water partition coefficient (Wildman–Crippen LogP) is 8.65. The molecule has 200 valence electrons. The van der Waals surface area contributed by atoms with Crippen LogP contribution in [0.4, 0.5) is 0 Å². The normalized spacial score (nSPS) is 41.7. The molecule has 2 heteroatoms. The van der Waals surface area contributed by atoms with Gasteiger partial charge in [-0.1, -0.05) is 80.1 Å². The number of hydrogen-bond donors (Lipinski definition) is 0. The number of rotatable bonds is 3. The van der Waals surface area contributed by atoms with E-state index in [-0.39, 0.29) is 16.6 Å². The number of ether oxygens (including phenoxy) is 1. The van der Waals surface area contributed by atoms with Crippen LogP contribution in [0.1, 0.15) is 96.1 Å². The predicted molar refractivity (Wildman–Crippen MR) is 153 cm³/mol. The van der Waals surface area contributed by atoms with Gasteiger partial charge >= 0.3 is 0 Å². The zero-order chi connectivity index (χ0) is 26.2. The molecule has 0 bridgehead atoms. The molecule has 2 aromatic rings. The SMILES string of the molecule is C[C@]12CC[C@H]3[C@H](CCC4=CC(=O)CC[C@@]43C)[C@@H]1CC[C@@H]2[C@@]1(C)CCC(c2ccccc2)(c2ccccc2)O1. The van der Waals surface area contributed by atoms with E-state index in [1.54, 1.807) is 0 Å². The van der Waals surface area contributed by atoms with Gasteiger partial charge in [0.25, 0.3) is 0 Å². The van der Waals surface area contributed by atoms with Crippen LogP contribution in [-0.2, 0) is 15.1 Å². The first kappa shape index (κ1) is 24.8. The van der Waals surface area contributed by atoms with E-state index in [0.29, 0.717) is 17.1 Å². The maximum absolute atomic E-state index is 12.2. The van der Waals surface area contributed by atoms with E-state index in [1.807, 2.05) is 6.08 Å². The van der Waals surface area contributed by atoms with Crippen molar-refractivity contribution < 1.29 is 9.53 Å². The molecule has 5 aliphatic rings. The summed E-state index contributed by atoms with van der Waals surface area (Å²) in [5, 5.41) is 0. The Kier molecular flexibility index (Phi) is 5.65. The second kappa shape index (κ2) is 8.65. The van der Waals surface area contributed by atoms with Crippen LogP contribution >= 0.6 is 0 Å². The molecule has 38 heavy (non-hydrogen) atoms. The molecule has 4 fully saturated rings. The lowest BCUT2D eigenvalue weighted by atomic mass is 9.46. The van der Waals surface area contributed by atoms with Gasteiger partial charge in [-0.25, -0.2) is 0 Å². The molecule has 3 saturated carbocycles. The van der Waals surface area contributed by atoms with Crippen molar-refractivity contribution in [2.75, 3.05) is 0 Å². The first-order valence-electron chi connectivity index (χ1n) is 15.3. The molecule has 7 atom stereocenters. The summed E-state index contributed by atoms with van der Waals surface area (Å²) in [6, 6.07) is 22.0. The van der Waals surface area contributed by atoms with Crippen molar-refractivity contribution in [3.8, 4) is 0 Å². The van der Waals surface area contributed by atoms with Crippen LogP contribution < -0.4 is 0 Å². The molecule has 1 aliphatic heterocycles. The van der Waals surface area contributed by atoms with Crippen molar-refractivity contribution in [3.05, 3.63) is 83.4 Å². The highest BCUT2D eigenvalue weighted by atomic mass is 16.5. The van der Waals surface area contributed by atoms with E-state index in [9.17, 15) is 4.79 Å². The van der Waals surface area contributed by atoms with Gasteiger partial charge < -0.3 is 4.74 Å². The van der Waals surface area contributed by atoms with E-state index < -0.39 is 0 Å². The fourth-order valence-electron chi connectivity index (χ4n) is 10.7. The molecule has 2 aromatic carbocycles. The number of carbonyl (C=O) groups is 1. The lowest BCUT2D eigenvalue weighted by Crippen LogP contribution is -2.53. The third-order valence-electron chi connectivity index (χ3n) is 12.6. The fraction of sp³-hybridized carbons (Fsp3) is 0.583. The van der Waals surface area contributed by atoms with Gasteiger partial charge in [0.05, 0.1) is 5.60 Å². The van der Waals surface area contributed by atoms with Gasteiger partial charge in [-0.15, -0.1) is 0 Å². The minimum absolute atomic E-state index is 0.122. The standard InChI is InChI=1S/C36H44O2/c1-33-20-18-28(37)24-27(33)14-15-29-30-16-17-32(34(30,2)21-19-31(29)33)35(3)22-23-36(38-35,25-10-6-4-7-11-25)26-12-8-5-9-13-26/h4-13,24,29-32H,14-23H2,1-3H3/t29-,30+,31+,32+,33+,34+,35-/m1/s1. The lowest BCUT2D eigenvalue weighted by molar-refractivity contribution is -0.150. The van der Waals surface area contributed by atoms with Crippen LogP contribution in [0.3, 0.4) is 0 Å². The van der Waals surface area contributed by atoms with E-state index in [4.69, 9.17) is 4.74 Å². The van der Waals surface area contributed by atoms with E-state index in [0.717, 1.165) is 49.9 Å². The third-order valence-corrected chi connectivity index (χ3v) is 12.6. The minimum Gasteiger partial charge on any atom is -0.359 e. The van der Waals surface area contributed by atoms with Crippen molar-refractivity contribution in [2.45, 2.75) is 96.2 Å². The number of benzene rings is 2. The molecular formula is C36H44O2. The van der Waals surface area contributed by atoms with Gasteiger partial charge in [-0.2, -0.15) is 0 Å². The summed E-state index contributed by atoms with van der Waals surface area (Å²) < 4.78 is 7.51. The van der Waals surface area contributed by atoms with Crippen molar-refractivity contribution >= 4 is 5.78 Å². The van der Waals surface area contributed by atoms with Crippen molar-refractivity contribution in [1.29, 1.82) is 0 Å². The Bertz CT molecular complexity index is 1210. The summed E-state index contributed by atoms with van der Waals surface area (Å²) in [5.74, 6) is 3.28. The first-order chi connectivity index (χ1) is 18.3. The zero-order valence-corrected chi connectivity index (χ0v) is 23.5. The van der Waals surface area contributed by atoms with Gasteiger partial charge in [0.15, 0.2) is 5.78 Å². The van der Waals surface area contributed by atoms with Gasteiger partial charge in [-0.3, -0.25) is 4.79 Å². The number of carbonyl (C=O) groups excluding carboxylic acids is 1. The molecule has 1 saturated heterocycles. The largest absolute Gasteiger partial charge is 0.359 e. The van der Waals surface area contributed by atoms with Crippen LogP contribution in [-0.4, -0.2) is 11.4 Å². The van der Waals surface area contributed by atoms with Crippen molar-refractivity contribution in [1.82, 2.24) is 0 Å². The molecular weight excluding hydrogens is 464 g/mol. The van der Waals surface area contributed by atoms with Crippen molar-refractivity contribution in [3.63, 3.8) is 0 Å². The second-order valence-electron chi connectivity index (χ2n) is 14.1. The Labute approximate surface area is 229 Å². The van der Waals surface area contributed by atoms with E-state index in [1.165, 1.54) is 48.8 Å². The summed E-state index contributed by atoms with van der Waals surface area (Å²) in [6.45, 7) is 7.61. The Hall–Kier alpha value is -2.19. The monoisotopic (exact) mass is 508 g/mol. The van der Waals surface area contributed by atoms with Gasteiger partial charge in [0.2, 0.25) is 0 Å². The van der Waals surface area contributed by atoms with Crippen LogP contribution in [0.2, 0.25) is 0 Å². The van der Waals surface area contributed by atoms with Crippen molar-refractivity contribution in [2.24, 2.45) is 34.5 Å². The Balaban J connectivity index is 1.21. The zero-order valence-electron chi connectivity index (χ0n) is 23.5. The highest BCUT2D eigenvalue weighted by Crippen LogP contribution is 2.69. The molecule has 0 amide bonds. The maximum Gasteiger partial charge on any atom is 0.155 e. The number of allylic oxidation sites excluding steroid dienone is 1. The minimum atomic E-state index is -0.366. The van der Waals surface area contributed by atoms with Crippen LogP contribution in [0.25, 0.3) is 0 Å². The highest BCUT2D eigenvalue weighted by molar-refractivity contribution is 5.91. The molecule has 2 nitrogen and oxygen atoms in total. The molecule has 0 radical (unpaired) electrons. The summed E-state index contributed by atoms with van der Waals surface area (Å²) in [4.78, 5) is 12.2. The summed E-state index contributed by atoms with van der Waals surface area (Å²) in [5.41, 5.74) is 4.17. The fourth-order valence-corrected chi connectivity index (χ4v) is 10.7. The smallest absolute Gasteiger partial charge is 0.155 e. The molecule has 0 N–H and O–H groups in total. The first-order valence-corrected chi connectivity index (χ1v) is 15.3. The number of fused-ring (bicyclic) bond motifs is 5. The Morgan fingerprint density at radius 2 is 1.39 bits per heavy atom. The van der Waals surface area contributed by atoms with Gasteiger partial charge in [-0.05, 0) is 116 Å². The summed E-state index contributed by atoms with van der Waals surface area (Å²) in [7, 11) is 0. The molecule has 1 heterocycles. The number of hydrogen-bond acceptors (Lipinski definition) is 2. The van der Waals surface area contributed by atoms with E-state index in [2.05, 4.69) is 81.4 Å². The molecule has 7 rings (SSSR count). The van der Waals surface area contributed by atoms with Crippen LogP contribution in [0.15, 0.2) is 72.3 Å². The van der Waals surface area contributed by atoms with Crippen LogP contribution in [0, 0.1) is 34.5 Å². The Morgan fingerprint density at radius 3 is 2.08 bits per heavy atom. The summed E-state index contributed by atoms with van der Waals surface area (Å²) >= 11 is 0. The summed E-state index contributed by atoms with van der Waals surface area (Å²) in [6.07, 6.45) is 13.7. The van der Waals surface area contributed by atoms with Gasteiger partial charge in [0, 0.05) is 6.42 Å². The van der Waals surface area contributed by atoms with Gasteiger partial charge in [0.1, 0.15) is 5.60 Å². The molecule has 0 aromatic heterocycles. The molecule has 0 spiro atoms. The maximum atomic E-state index is 12.2. The second-order valence-corrected chi connectivity index (χ2v) is 14.1. The third kappa shape index (κ3) is 3.44. The van der Waals surface area contributed by atoms with E-state index >= 15 is 0 Å². The van der Waals surface area contributed by atoms with Crippen LogP contribution in [0.5, 0.6) is 0 Å². The highest BCUT2D eigenvalue weighted by Gasteiger charge is 2.64. The molecule has 0 unspecified atom stereocenters. The molecule has 4 aliphatic carbocycles. The lowest BCUT2D eigenvalue weighted by Gasteiger charge is -2.59.